The molecule has 2 atom stereocenters. The number of amides is 2. The number of carbonyl (C=O) groups excluding carboxylic acids is 2. The number of carbonyl (C=O) groups is 3. The Morgan fingerprint density at radius 2 is 2.04 bits per heavy atom. The monoisotopic (exact) mass is 360 g/mol. The standard InChI is InChI=1S/C20H28N2O4/c1-4-7-17(23)22-11-6-9-15(12-22)19(24)21-18(20(25)26)16-10-5-8-13(2)14(16)3/h5,8,10,15,18H,4,6-7,9,11-12H2,1-3H3,(H,21,24)(H,25,26). The molecule has 0 radical (unpaired) electrons. The average molecular weight is 360 g/mol. The van der Waals surface area contributed by atoms with Crippen LogP contribution in [0.25, 0.3) is 0 Å². The number of aryl methyl sites for hydroxylation is 1. The van der Waals surface area contributed by atoms with Gasteiger partial charge < -0.3 is 15.3 Å². The van der Waals surface area contributed by atoms with Crippen molar-refractivity contribution in [3.8, 4) is 0 Å². The quantitative estimate of drug-likeness (QED) is 0.816. The van der Waals surface area contributed by atoms with E-state index < -0.39 is 12.0 Å². The van der Waals surface area contributed by atoms with Gasteiger partial charge in [-0.1, -0.05) is 25.1 Å². The third kappa shape index (κ3) is 4.62. The van der Waals surface area contributed by atoms with Gasteiger partial charge in [-0.3, -0.25) is 9.59 Å². The predicted molar refractivity (Wildman–Crippen MR) is 98.6 cm³/mol. The molecule has 6 nitrogen and oxygen atoms in total. The van der Waals surface area contributed by atoms with Crippen molar-refractivity contribution in [1.29, 1.82) is 0 Å². The summed E-state index contributed by atoms with van der Waals surface area (Å²) in [6.07, 6.45) is 2.68. The van der Waals surface area contributed by atoms with E-state index in [0.29, 0.717) is 31.5 Å². The highest BCUT2D eigenvalue weighted by Crippen LogP contribution is 2.23. The second-order valence-electron chi connectivity index (χ2n) is 7.00. The Balaban J connectivity index is 2.11. The molecule has 0 bridgehead atoms. The predicted octanol–water partition coefficient (Wildman–Crippen LogP) is 2.58. The fourth-order valence-corrected chi connectivity index (χ4v) is 3.41. The third-order valence-corrected chi connectivity index (χ3v) is 5.10. The summed E-state index contributed by atoms with van der Waals surface area (Å²) in [6.45, 7) is 6.76. The van der Waals surface area contributed by atoms with Crippen molar-refractivity contribution in [2.45, 2.75) is 52.5 Å². The van der Waals surface area contributed by atoms with Crippen LogP contribution in [0.5, 0.6) is 0 Å². The van der Waals surface area contributed by atoms with Gasteiger partial charge in [0.25, 0.3) is 0 Å². The molecule has 1 fully saturated rings. The van der Waals surface area contributed by atoms with E-state index in [2.05, 4.69) is 5.32 Å². The summed E-state index contributed by atoms with van der Waals surface area (Å²) < 4.78 is 0. The van der Waals surface area contributed by atoms with E-state index in [1.54, 1.807) is 17.0 Å². The first-order valence-corrected chi connectivity index (χ1v) is 9.22. The number of hydrogen-bond acceptors (Lipinski definition) is 3. The van der Waals surface area contributed by atoms with Gasteiger partial charge in [-0.05, 0) is 49.8 Å². The Kier molecular flexibility index (Phi) is 6.77. The van der Waals surface area contributed by atoms with Crippen molar-refractivity contribution < 1.29 is 19.5 Å². The molecular formula is C20H28N2O4. The molecule has 2 amide bonds. The van der Waals surface area contributed by atoms with Crippen LogP contribution in [0.4, 0.5) is 0 Å². The molecule has 1 heterocycles. The summed E-state index contributed by atoms with van der Waals surface area (Å²) in [5.41, 5.74) is 2.45. The molecule has 0 spiro atoms. The number of aliphatic carboxylic acids is 1. The summed E-state index contributed by atoms with van der Waals surface area (Å²) in [4.78, 5) is 38.3. The van der Waals surface area contributed by atoms with Crippen LogP contribution in [-0.2, 0) is 14.4 Å². The highest BCUT2D eigenvalue weighted by molar-refractivity contribution is 5.87. The second kappa shape index (κ2) is 8.83. The lowest BCUT2D eigenvalue weighted by atomic mass is 9.94. The van der Waals surface area contributed by atoms with Crippen LogP contribution in [0.2, 0.25) is 0 Å². The molecule has 1 aromatic rings. The topological polar surface area (TPSA) is 86.7 Å². The van der Waals surface area contributed by atoms with Gasteiger partial charge in [0.2, 0.25) is 11.8 Å². The van der Waals surface area contributed by atoms with Crippen molar-refractivity contribution in [1.82, 2.24) is 10.2 Å². The minimum atomic E-state index is -1.08. The van der Waals surface area contributed by atoms with Crippen molar-refractivity contribution in [3.63, 3.8) is 0 Å². The molecular weight excluding hydrogens is 332 g/mol. The van der Waals surface area contributed by atoms with Gasteiger partial charge >= 0.3 is 5.97 Å². The molecule has 1 aliphatic heterocycles. The Morgan fingerprint density at radius 3 is 2.69 bits per heavy atom. The van der Waals surface area contributed by atoms with Crippen LogP contribution in [0, 0.1) is 19.8 Å². The molecule has 2 unspecified atom stereocenters. The Labute approximate surface area is 154 Å². The van der Waals surface area contributed by atoms with Gasteiger partial charge in [0.15, 0.2) is 6.04 Å². The lowest BCUT2D eigenvalue weighted by Gasteiger charge is -2.32. The summed E-state index contributed by atoms with van der Waals surface area (Å²) in [7, 11) is 0. The van der Waals surface area contributed by atoms with Gasteiger partial charge in [-0.2, -0.15) is 0 Å². The highest BCUT2D eigenvalue weighted by atomic mass is 16.4. The second-order valence-corrected chi connectivity index (χ2v) is 7.00. The highest BCUT2D eigenvalue weighted by Gasteiger charge is 2.31. The van der Waals surface area contributed by atoms with Crippen LogP contribution in [0.15, 0.2) is 18.2 Å². The maximum atomic E-state index is 12.7. The Morgan fingerprint density at radius 1 is 1.31 bits per heavy atom. The fourth-order valence-electron chi connectivity index (χ4n) is 3.41. The molecule has 26 heavy (non-hydrogen) atoms. The maximum absolute atomic E-state index is 12.7. The van der Waals surface area contributed by atoms with Crippen LogP contribution in [-0.4, -0.2) is 40.9 Å². The van der Waals surface area contributed by atoms with Crippen LogP contribution in [0.3, 0.4) is 0 Å². The minimum absolute atomic E-state index is 0.0642. The number of carboxylic acids is 1. The zero-order valence-corrected chi connectivity index (χ0v) is 15.7. The van der Waals surface area contributed by atoms with Crippen molar-refractivity contribution in [3.05, 3.63) is 34.9 Å². The van der Waals surface area contributed by atoms with E-state index in [-0.39, 0.29) is 17.7 Å². The minimum Gasteiger partial charge on any atom is -0.479 e. The first kappa shape index (κ1) is 19.9. The molecule has 0 saturated carbocycles. The summed E-state index contributed by atoms with van der Waals surface area (Å²) in [5.74, 6) is -1.68. The molecule has 0 aromatic heterocycles. The van der Waals surface area contributed by atoms with Gasteiger partial charge in [-0.15, -0.1) is 0 Å². The average Bonchev–Trinajstić information content (AvgIpc) is 2.62. The number of nitrogens with one attached hydrogen (secondary N) is 1. The lowest BCUT2D eigenvalue weighted by Crippen LogP contribution is -2.47. The SMILES string of the molecule is CCCC(=O)N1CCCC(C(=O)NC(C(=O)O)c2cccc(C)c2C)C1. The van der Waals surface area contributed by atoms with Gasteiger partial charge in [0.05, 0.1) is 5.92 Å². The smallest absolute Gasteiger partial charge is 0.330 e. The lowest BCUT2D eigenvalue weighted by molar-refractivity contribution is -0.144. The molecule has 2 N–H and O–H groups in total. The number of likely N-dealkylation sites (tertiary alicyclic amines) is 1. The number of piperidine rings is 1. The molecule has 1 aromatic carbocycles. The number of rotatable bonds is 6. The molecule has 142 valence electrons. The number of hydrogen-bond donors (Lipinski definition) is 2. The van der Waals surface area contributed by atoms with Crippen LogP contribution >= 0.6 is 0 Å². The van der Waals surface area contributed by atoms with E-state index in [4.69, 9.17) is 0 Å². The van der Waals surface area contributed by atoms with E-state index in [0.717, 1.165) is 24.0 Å². The van der Waals surface area contributed by atoms with E-state index in [9.17, 15) is 19.5 Å². The normalized spacial score (nSPS) is 18.3. The van der Waals surface area contributed by atoms with Crippen molar-refractivity contribution in [2.75, 3.05) is 13.1 Å². The maximum Gasteiger partial charge on any atom is 0.330 e. The first-order valence-electron chi connectivity index (χ1n) is 9.22. The van der Waals surface area contributed by atoms with Gasteiger partial charge in [0.1, 0.15) is 0 Å². The number of carboxylic acid groups (broad SMARTS) is 1. The first-order chi connectivity index (χ1) is 12.3. The number of nitrogens with zero attached hydrogens (tertiary/aromatic N) is 1. The zero-order valence-electron chi connectivity index (χ0n) is 15.7. The largest absolute Gasteiger partial charge is 0.479 e. The molecule has 1 aliphatic rings. The molecule has 6 heteroatoms. The van der Waals surface area contributed by atoms with Crippen molar-refractivity contribution >= 4 is 17.8 Å². The molecule has 1 saturated heterocycles. The Bertz CT molecular complexity index is 686. The zero-order chi connectivity index (χ0) is 19.3. The van der Waals surface area contributed by atoms with Gasteiger partial charge in [0, 0.05) is 19.5 Å². The van der Waals surface area contributed by atoms with E-state index in [1.807, 2.05) is 26.8 Å². The van der Waals surface area contributed by atoms with Gasteiger partial charge in [-0.25, -0.2) is 4.79 Å². The fraction of sp³-hybridized carbons (Fsp3) is 0.550. The Hall–Kier alpha value is -2.37. The summed E-state index contributed by atoms with van der Waals surface area (Å²) >= 11 is 0. The van der Waals surface area contributed by atoms with E-state index in [1.165, 1.54) is 0 Å². The number of benzene rings is 1. The summed E-state index contributed by atoms with van der Waals surface area (Å²) in [6, 6.07) is 4.37. The van der Waals surface area contributed by atoms with E-state index >= 15 is 0 Å². The molecule has 2 rings (SSSR count). The van der Waals surface area contributed by atoms with Crippen LogP contribution in [0.1, 0.15) is 55.3 Å². The molecule has 0 aliphatic carbocycles. The summed E-state index contributed by atoms with van der Waals surface area (Å²) in [5, 5.41) is 12.3. The third-order valence-electron chi connectivity index (χ3n) is 5.10. The van der Waals surface area contributed by atoms with Crippen LogP contribution < -0.4 is 5.32 Å². The van der Waals surface area contributed by atoms with Crippen molar-refractivity contribution in [2.24, 2.45) is 5.92 Å².